The zero-order valence-electron chi connectivity index (χ0n) is 21.3. The van der Waals surface area contributed by atoms with Crippen molar-refractivity contribution < 1.29 is 23.6 Å². The average molecular weight is 547 g/mol. The number of aromatic nitrogens is 2. The van der Waals surface area contributed by atoms with E-state index in [-0.39, 0.29) is 11.9 Å². The summed E-state index contributed by atoms with van der Waals surface area (Å²) in [4.78, 5) is 29.9. The number of halogens is 1. The van der Waals surface area contributed by atoms with E-state index in [2.05, 4.69) is 20.8 Å². The van der Waals surface area contributed by atoms with Crippen LogP contribution in [0.15, 0.2) is 77.3 Å². The maximum absolute atomic E-state index is 12.7. The highest BCUT2D eigenvalue weighted by Gasteiger charge is 2.47. The molecule has 0 spiro atoms. The van der Waals surface area contributed by atoms with Gasteiger partial charge in [0.1, 0.15) is 11.2 Å². The van der Waals surface area contributed by atoms with Crippen LogP contribution in [0.4, 0.5) is 16.2 Å². The molecule has 1 fully saturated rings. The summed E-state index contributed by atoms with van der Waals surface area (Å²) in [7, 11) is 1.38. The second-order valence-corrected chi connectivity index (χ2v) is 9.71. The van der Waals surface area contributed by atoms with Crippen LogP contribution in [0.1, 0.15) is 38.0 Å². The number of anilines is 2. The molecule has 0 saturated heterocycles. The second-order valence-electron chi connectivity index (χ2n) is 9.27. The first-order valence-electron chi connectivity index (χ1n) is 12.6. The number of methoxy groups -OCH3 is 1. The minimum Gasteiger partial charge on any atom is -0.468 e. The molecule has 1 saturated carbocycles. The Morgan fingerprint density at radius 2 is 1.69 bits per heavy atom. The van der Waals surface area contributed by atoms with E-state index >= 15 is 0 Å². The van der Waals surface area contributed by atoms with Gasteiger partial charge >= 0.3 is 12.0 Å². The molecule has 2 amide bonds. The summed E-state index contributed by atoms with van der Waals surface area (Å²) in [6.07, 6.45) is 4.08. The summed E-state index contributed by atoms with van der Waals surface area (Å²) in [5, 5.41) is 10.2. The first kappa shape index (κ1) is 26.2. The molecule has 4 aromatic rings. The number of nitrogens with one attached hydrogen (secondary N) is 2. The molecule has 200 valence electrons. The average Bonchev–Trinajstić information content (AvgIpc) is 3.46. The van der Waals surface area contributed by atoms with Crippen molar-refractivity contribution in [3.63, 3.8) is 0 Å². The van der Waals surface area contributed by atoms with Crippen LogP contribution in [0.2, 0.25) is 5.02 Å². The molecule has 10 heteroatoms. The molecule has 0 bridgehead atoms. The second kappa shape index (κ2) is 11.6. The summed E-state index contributed by atoms with van der Waals surface area (Å²) in [5.74, 6) is 1.32. The topological polar surface area (TPSA) is 116 Å². The van der Waals surface area contributed by atoms with Crippen LogP contribution in [-0.2, 0) is 14.9 Å². The van der Waals surface area contributed by atoms with E-state index in [4.69, 9.17) is 25.6 Å². The van der Waals surface area contributed by atoms with Gasteiger partial charge in [0.05, 0.1) is 12.8 Å². The van der Waals surface area contributed by atoms with E-state index in [0.717, 1.165) is 19.3 Å². The van der Waals surface area contributed by atoms with Gasteiger partial charge in [0.15, 0.2) is 5.75 Å². The van der Waals surface area contributed by atoms with Gasteiger partial charge in [0, 0.05) is 22.3 Å². The highest BCUT2D eigenvalue weighted by molar-refractivity contribution is 6.30. The number of hydrogen-bond acceptors (Lipinski definition) is 7. The monoisotopic (exact) mass is 546 g/mol. The molecule has 0 aliphatic heterocycles. The normalized spacial score (nSPS) is 14.3. The third kappa shape index (κ3) is 5.88. The third-order valence-electron chi connectivity index (χ3n) is 6.68. The summed E-state index contributed by atoms with van der Waals surface area (Å²) >= 11 is 6.14. The molecule has 5 rings (SSSR count). The first-order valence-corrected chi connectivity index (χ1v) is 13.0. The molecular weight excluding hydrogens is 520 g/mol. The van der Waals surface area contributed by atoms with Crippen LogP contribution >= 0.6 is 11.6 Å². The lowest BCUT2D eigenvalue weighted by Crippen LogP contribution is -2.39. The predicted molar refractivity (Wildman–Crippen MR) is 147 cm³/mol. The molecule has 9 nitrogen and oxygen atoms in total. The van der Waals surface area contributed by atoms with Crippen molar-refractivity contribution in [2.24, 2.45) is 0 Å². The number of benzene rings is 3. The third-order valence-corrected chi connectivity index (χ3v) is 6.92. The molecule has 2 N–H and O–H groups in total. The van der Waals surface area contributed by atoms with E-state index in [1.165, 1.54) is 7.11 Å². The molecule has 1 aliphatic carbocycles. The van der Waals surface area contributed by atoms with E-state index in [1.807, 2.05) is 30.3 Å². The van der Waals surface area contributed by atoms with Crippen LogP contribution in [-0.4, -0.2) is 29.3 Å². The van der Waals surface area contributed by atoms with Gasteiger partial charge < -0.3 is 24.6 Å². The quantitative estimate of drug-likeness (QED) is 0.235. The van der Waals surface area contributed by atoms with Crippen LogP contribution in [0.3, 0.4) is 0 Å². The standard InChI is InChI=1S/C29H27ClN4O5/c1-37-27(35)29(16-6-3-7-17-29)26-33-25(34-39-26)19-10-13-21(14-11-19)31-28(36)32-23-15-12-20(30)18-24(23)38-22-8-4-2-5-9-22/h2,4-5,8-15,18H,3,6-7,16-17H2,1H3,(H2,31,32,36). The van der Waals surface area contributed by atoms with Gasteiger partial charge in [0.2, 0.25) is 11.7 Å². The SMILES string of the molecule is COC(=O)C1(c2nc(-c3ccc(NC(=O)Nc4ccc(Cl)cc4Oc4ccccc4)cc3)no2)CCCCC1. The largest absolute Gasteiger partial charge is 0.468 e. The highest BCUT2D eigenvalue weighted by atomic mass is 35.5. The Morgan fingerprint density at radius 3 is 2.41 bits per heavy atom. The lowest BCUT2D eigenvalue weighted by molar-refractivity contribution is -0.150. The van der Waals surface area contributed by atoms with Gasteiger partial charge in [-0.3, -0.25) is 4.79 Å². The van der Waals surface area contributed by atoms with Crippen molar-refractivity contribution in [3.8, 4) is 22.9 Å². The minimum atomic E-state index is -0.900. The lowest BCUT2D eigenvalue weighted by Gasteiger charge is -2.30. The fourth-order valence-electron chi connectivity index (χ4n) is 4.68. The molecule has 3 aromatic carbocycles. The fraction of sp³-hybridized carbons (Fsp3) is 0.241. The Kier molecular flexibility index (Phi) is 7.79. The highest BCUT2D eigenvalue weighted by Crippen LogP contribution is 2.40. The van der Waals surface area contributed by atoms with Crippen molar-refractivity contribution in [1.82, 2.24) is 10.1 Å². The van der Waals surface area contributed by atoms with Crippen molar-refractivity contribution in [1.29, 1.82) is 0 Å². The number of para-hydroxylation sites is 1. The molecule has 0 unspecified atom stereocenters. The number of nitrogens with zero attached hydrogens (tertiary/aromatic N) is 2. The Morgan fingerprint density at radius 1 is 0.949 bits per heavy atom. The van der Waals surface area contributed by atoms with Gasteiger partial charge in [-0.25, -0.2) is 4.79 Å². The number of ether oxygens (including phenoxy) is 2. The summed E-state index contributed by atoms with van der Waals surface area (Å²) in [6.45, 7) is 0. The van der Waals surface area contributed by atoms with Crippen molar-refractivity contribution in [2.75, 3.05) is 17.7 Å². The molecule has 1 aliphatic rings. The molecule has 1 aromatic heterocycles. The fourth-order valence-corrected chi connectivity index (χ4v) is 4.84. The maximum atomic E-state index is 12.7. The minimum absolute atomic E-state index is 0.280. The first-order chi connectivity index (χ1) is 19.0. The van der Waals surface area contributed by atoms with Crippen LogP contribution in [0.25, 0.3) is 11.4 Å². The summed E-state index contributed by atoms with van der Waals surface area (Å²) in [6, 6.07) is 20.7. The van der Waals surface area contributed by atoms with E-state index in [1.54, 1.807) is 42.5 Å². The molecule has 39 heavy (non-hydrogen) atoms. The predicted octanol–water partition coefficient (Wildman–Crippen LogP) is 7.20. The Hall–Kier alpha value is -4.37. The number of hydrogen-bond donors (Lipinski definition) is 2. The number of rotatable bonds is 7. The van der Waals surface area contributed by atoms with Gasteiger partial charge in [-0.15, -0.1) is 0 Å². The summed E-state index contributed by atoms with van der Waals surface area (Å²) in [5.41, 5.74) is 0.794. The van der Waals surface area contributed by atoms with E-state index in [0.29, 0.717) is 52.1 Å². The van der Waals surface area contributed by atoms with Gasteiger partial charge in [-0.1, -0.05) is 54.2 Å². The molecule has 0 atom stereocenters. The number of amides is 2. The maximum Gasteiger partial charge on any atom is 0.323 e. The Bertz CT molecular complexity index is 1450. The van der Waals surface area contributed by atoms with Crippen molar-refractivity contribution in [3.05, 3.63) is 83.7 Å². The summed E-state index contributed by atoms with van der Waals surface area (Å²) < 4.78 is 16.5. The van der Waals surface area contributed by atoms with Gasteiger partial charge in [0.25, 0.3) is 0 Å². The number of carbonyl (C=O) groups excluding carboxylic acids is 2. The molecular formula is C29H27ClN4O5. The van der Waals surface area contributed by atoms with E-state index < -0.39 is 11.4 Å². The zero-order valence-corrected chi connectivity index (χ0v) is 22.0. The number of urea groups is 1. The molecule has 0 radical (unpaired) electrons. The lowest BCUT2D eigenvalue weighted by atomic mass is 9.74. The Balaban J connectivity index is 1.26. The van der Waals surface area contributed by atoms with Crippen molar-refractivity contribution in [2.45, 2.75) is 37.5 Å². The van der Waals surface area contributed by atoms with E-state index in [9.17, 15) is 9.59 Å². The smallest absolute Gasteiger partial charge is 0.323 e. The zero-order chi connectivity index (χ0) is 27.2. The van der Waals surface area contributed by atoms with Crippen LogP contribution < -0.4 is 15.4 Å². The van der Waals surface area contributed by atoms with Gasteiger partial charge in [-0.2, -0.15) is 4.98 Å². The Labute approximate surface area is 230 Å². The number of carbonyl (C=O) groups is 2. The van der Waals surface area contributed by atoms with Crippen LogP contribution in [0.5, 0.6) is 11.5 Å². The molecule has 1 heterocycles. The van der Waals surface area contributed by atoms with Crippen molar-refractivity contribution >= 4 is 35.0 Å². The van der Waals surface area contributed by atoms with Gasteiger partial charge in [-0.05, 0) is 61.4 Å². The number of esters is 1. The van der Waals surface area contributed by atoms with Crippen LogP contribution in [0, 0.1) is 0 Å².